The van der Waals surface area contributed by atoms with E-state index in [0.717, 1.165) is 41.7 Å². The van der Waals surface area contributed by atoms with Crippen molar-refractivity contribution < 1.29 is 4.42 Å². The van der Waals surface area contributed by atoms with E-state index in [1.807, 2.05) is 0 Å². The summed E-state index contributed by atoms with van der Waals surface area (Å²) in [6.45, 7) is 4.58. The van der Waals surface area contributed by atoms with Gasteiger partial charge in [0, 0.05) is 17.5 Å². The molecule has 1 aliphatic carbocycles. The van der Waals surface area contributed by atoms with Crippen LogP contribution in [0.2, 0.25) is 0 Å². The van der Waals surface area contributed by atoms with Crippen LogP contribution in [0, 0.1) is 5.92 Å². The number of rotatable bonds is 4. The van der Waals surface area contributed by atoms with E-state index >= 15 is 0 Å². The van der Waals surface area contributed by atoms with Crippen molar-refractivity contribution in [1.82, 2.24) is 9.97 Å². The smallest absolute Gasteiger partial charge is 0.230 e. The molecule has 0 fully saturated rings. The molecule has 7 rings (SSSR count). The summed E-state index contributed by atoms with van der Waals surface area (Å²) in [4.78, 5) is 9.45. The Hall–Kier alpha value is -4.24. The fourth-order valence-electron chi connectivity index (χ4n) is 6.00. The van der Waals surface area contributed by atoms with Crippen LogP contribution in [-0.2, 0) is 19.3 Å². The van der Waals surface area contributed by atoms with Gasteiger partial charge in [-0.15, -0.1) is 0 Å². The van der Waals surface area contributed by atoms with E-state index in [2.05, 4.69) is 104 Å². The lowest BCUT2D eigenvalue weighted by Gasteiger charge is -2.20. The van der Waals surface area contributed by atoms with E-state index in [-0.39, 0.29) is 0 Å². The van der Waals surface area contributed by atoms with Gasteiger partial charge in [-0.25, -0.2) is 9.97 Å². The van der Waals surface area contributed by atoms with E-state index in [1.54, 1.807) is 6.33 Å². The van der Waals surface area contributed by atoms with Gasteiger partial charge in [0.25, 0.3) is 0 Å². The number of hydrogen-bond donors (Lipinski definition) is 0. The van der Waals surface area contributed by atoms with E-state index in [9.17, 15) is 0 Å². The monoisotopic (exact) mass is 480 g/mol. The third-order valence-corrected chi connectivity index (χ3v) is 7.55. The Bertz CT molecular complexity index is 1780. The van der Waals surface area contributed by atoms with Crippen molar-refractivity contribution in [1.29, 1.82) is 0 Å². The molecule has 0 saturated carbocycles. The molecular formula is C34H28N2O. The van der Waals surface area contributed by atoms with Crippen LogP contribution in [0.5, 0.6) is 0 Å². The summed E-state index contributed by atoms with van der Waals surface area (Å²) in [6.07, 6.45) is 4.62. The normalized spacial score (nSPS) is 12.7. The van der Waals surface area contributed by atoms with Crippen LogP contribution < -0.4 is 0 Å². The second kappa shape index (κ2) is 8.70. The van der Waals surface area contributed by atoms with Crippen LogP contribution in [-0.4, -0.2) is 9.97 Å². The maximum Gasteiger partial charge on any atom is 0.230 e. The molecule has 4 aromatic carbocycles. The van der Waals surface area contributed by atoms with Gasteiger partial charge in [-0.05, 0) is 69.5 Å². The van der Waals surface area contributed by atoms with Gasteiger partial charge in [0.1, 0.15) is 12.1 Å². The second-order valence-electron chi connectivity index (χ2n) is 10.5. The van der Waals surface area contributed by atoms with Crippen LogP contribution in [0.3, 0.4) is 0 Å². The Kier molecular flexibility index (Phi) is 5.17. The largest absolute Gasteiger partial charge is 0.442 e. The molecule has 0 bridgehead atoms. The average Bonchev–Trinajstić information content (AvgIpc) is 3.32. The van der Waals surface area contributed by atoms with E-state index < -0.39 is 0 Å². The van der Waals surface area contributed by atoms with Gasteiger partial charge in [-0.3, -0.25) is 0 Å². The molecule has 180 valence electrons. The van der Waals surface area contributed by atoms with Crippen LogP contribution in [0.1, 0.15) is 30.7 Å². The first-order chi connectivity index (χ1) is 18.2. The first kappa shape index (κ1) is 22.0. The minimum atomic E-state index is 0.613. The lowest BCUT2D eigenvalue weighted by Crippen LogP contribution is -2.07. The van der Waals surface area contributed by atoms with Crippen molar-refractivity contribution in [2.75, 3.05) is 0 Å². The predicted octanol–water partition coefficient (Wildman–Crippen LogP) is 8.67. The Morgan fingerprint density at radius 1 is 0.784 bits per heavy atom. The number of hydrogen-bond acceptors (Lipinski definition) is 3. The molecule has 0 unspecified atom stereocenters. The van der Waals surface area contributed by atoms with Gasteiger partial charge < -0.3 is 4.42 Å². The van der Waals surface area contributed by atoms with E-state index in [4.69, 9.17) is 9.40 Å². The number of furan rings is 1. The van der Waals surface area contributed by atoms with Crippen molar-refractivity contribution in [3.05, 3.63) is 108 Å². The summed E-state index contributed by atoms with van der Waals surface area (Å²) in [5.41, 5.74) is 10.4. The fraction of sp³-hybridized carbons (Fsp3) is 0.176. The SMILES string of the molecule is CC(C)Cc1cccc2c1CCc1oc3ncnc(-c4cc(-c5ccccc5)c5ccccc5c4)c3c1-2. The highest BCUT2D eigenvalue weighted by Gasteiger charge is 2.28. The molecule has 0 amide bonds. The van der Waals surface area contributed by atoms with Gasteiger partial charge in [-0.2, -0.15) is 0 Å². The zero-order valence-corrected chi connectivity index (χ0v) is 21.2. The Morgan fingerprint density at radius 3 is 2.49 bits per heavy atom. The standard InChI is InChI=1S/C34H28N2O/c1-21(2)17-23-12-8-14-28-27(23)15-16-30-31(28)32-33(35-20-36-34(32)37-30)25-18-24-11-6-7-13-26(24)29(19-25)22-9-4-3-5-10-22/h3-14,18-21H,15-17H2,1-2H3. The van der Waals surface area contributed by atoms with Crippen molar-refractivity contribution in [3.63, 3.8) is 0 Å². The molecular weight excluding hydrogens is 452 g/mol. The molecule has 3 nitrogen and oxygen atoms in total. The molecule has 3 heteroatoms. The van der Waals surface area contributed by atoms with E-state index in [0.29, 0.717) is 11.6 Å². The molecule has 37 heavy (non-hydrogen) atoms. The van der Waals surface area contributed by atoms with Crippen LogP contribution in [0.15, 0.2) is 95.7 Å². The van der Waals surface area contributed by atoms with Gasteiger partial charge >= 0.3 is 0 Å². The molecule has 2 heterocycles. The highest BCUT2D eigenvalue weighted by atomic mass is 16.3. The maximum atomic E-state index is 6.38. The zero-order chi connectivity index (χ0) is 24.9. The van der Waals surface area contributed by atoms with Crippen molar-refractivity contribution >= 4 is 21.9 Å². The number of nitrogens with zero attached hydrogens (tertiary/aromatic N) is 2. The summed E-state index contributed by atoms with van der Waals surface area (Å²) in [5, 5.41) is 3.46. The highest BCUT2D eigenvalue weighted by molar-refractivity contribution is 6.07. The Balaban J connectivity index is 1.50. The van der Waals surface area contributed by atoms with Crippen molar-refractivity contribution in [3.8, 4) is 33.5 Å². The first-order valence-corrected chi connectivity index (χ1v) is 13.1. The van der Waals surface area contributed by atoms with E-state index in [1.165, 1.54) is 44.2 Å². The Morgan fingerprint density at radius 2 is 1.62 bits per heavy atom. The molecule has 0 atom stereocenters. The molecule has 0 spiro atoms. The van der Waals surface area contributed by atoms with Gasteiger partial charge in [0.05, 0.1) is 11.1 Å². The molecule has 0 aliphatic heterocycles. The van der Waals surface area contributed by atoms with Crippen LogP contribution >= 0.6 is 0 Å². The Labute approximate surface area is 216 Å². The van der Waals surface area contributed by atoms with Gasteiger partial charge in [0.15, 0.2) is 0 Å². The summed E-state index contributed by atoms with van der Waals surface area (Å²) in [5.74, 6) is 1.64. The molecule has 6 aromatic rings. The first-order valence-electron chi connectivity index (χ1n) is 13.1. The second-order valence-corrected chi connectivity index (χ2v) is 10.5. The summed E-state index contributed by atoms with van der Waals surface area (Å²) in [7, 11) is 0. The summed E-state index contributed by atoms with van der Waals surface area (Å²) >= 11 is 0. The number of aryl methyl sites for hydroxylation is 1. The molecule has 0 saturated heterocycles. The molecule has 1 aliphatic rings. The van der Waals surface area contributed by atoms with Gasteiger partial charge in [0.2, 0.25) is 5.71 Å². The van der Waals surface area contributed by atoms with Crippen LogP contribution in [0.25, 0.3) is 55.4 Å². The van der Waals surface area contributed by atoms with Crippen LogP contribution in [0.4, 0.5) is 0 Å². The average molecular weight is 481 g/mol. The lowest BCUT2D eigenvalue weighted by molar-refractivity contribution is 0.535. The number of fused-ring (bicyclic) bond motifs is 6. The molecule has 0 N–H and O–H groups in total. The minimum Gasteiger partial charge on any atom is -0.442 e. The fourth-order valence-corrected chi connectivity index (χ4v) is 6.00. The quantitative estimate of drug-likeness (QED) is 0.253. The third-order valence-electron chi connectivity index (χ3n) is 7.55. The minimum absolute atomic E-state index is 0.613. The summed E-state index contributed by atoms with van der Waals surface area (Å²) in [6, 6.07) is 30.4. The molecule has 2 aromatic heterocycles. The van der Waals surface area contributed by atoms with Crippen molar-refractivity contribution in [2.45, 2.75) is 33.1 Å². The predicted molar refractivity (Wildman–Crippen MR) is 152 cm³/mol. The van der Waals surface area contributed by atoms with Crippen molar-refractivity contribution in [2.24, 2.45) is 5.92 Å². The number of aromatic nitrogens is 2. The van der Waals surface area contributed by atoms with Gasteiger partial charge in [-0.1, -0.05) is 86.6 Å². The molecule has 0 radical (unpaired) electrons. The third kappa shape index (κ3) is 3.65. The number of benzene rings is 4. The summed E-state index contributed by atoms with van der Waals surface area (Å²) < 4.78 is 6.38. The zero-order valence-electron chi connectivity index (χ0n) is 21.2. The topological polar surface area (TPSA) is 38.9 Å². The lowest BCUT2D eigenvalue weighted by atomic mass is 9.83. The highest BCUT2D eigenvalue weighted by Crippen LogP contribution is 2.45. The maximum absolute atomic E-state index is 6.38.